The molecule has 0 aliphatic carbocycles. The normalized spacial score (nSPS) is 13.7. The van der Waals surface area contributed by atoms with Gasteiger partial charge in [-0.2, -0.15) is 4.37 Å². The van der Waals surface area contributed by atoms with Crippen LogP contribution in [-0.4, -0.2) is 21.3 Å². The number of carbonyl (C=O) groups is 1. The Morgan fingerprint density at radius 2 is 2.13 bits per heavy atom. The SMILES string of the molecule is CC(N)C(=O)Nc1nc(C(C)(C)C)ns1. The van der Waals surface area contributed by atoms with E-state index in [1.807, 2.05) is 20.8 Å². The molecular weight excluding hydrogens is 212 g/mol. The average Bonchev–Trinajstić information content (AvgIpc) is 2.51. The van der Waals surface area contributed by atoms with Gasteiger partial charge in [0.25, 0.3) is 0 Å². The van der Waals surface area contributed by atoms with Gasteiger partial charge in [0, 0.05) is 16.9 Å². The molecular formula is C9H16N4OS. The van der Waals surface area contributed by atoms with Crippen LogP contribution in [0.25, 0.3) is 0 Å². The third-order valence-electron chi connectivity index (χ3n) is 1.74. The molecule has 0 aliphatic rings. The highest BCUT2D eigenvalue weighted by Crippen LogP contribution is 2.22. The van der Waals surface area contributed by atoms with Crippen LogP contribution in [0.3, 0.4) is 0 Å². The predicted molar refractivity (Wildman–Crippen MR) is 60.9 cm³/mol. The summed E-state index contributed by atoms with van der Waals surface area (Å²) in [6.07, 6.45) is 0. The van der Waals surface area contributed by atoms with Gasteiger partial charge >= 0.3 is 0 Å². The van der Waals surface area contributed by atoms with E-state index in [4.69, 9.17) is 5.73 Å². The first-order valence-corrected chi connectivity index (χ1v) is 5.48. The molecule has 0 saturated carbocycles. The van der Waals surface area contributed by atoms with Crippen LogP contribution in [0.5, 0.6) is 0 Å². The molecule has 15 heavy (non-hydrogen) atoms. The number of hydrogen-bond acceptors (Lipinski definition) is 5. The molecule has 0 aliphatic heterocycles. The van der Waals surface area contributed by atoms with Crippen molar-refractivity contribution in [1.29, 1.82) is 0 Å². The third kappa shape index (κ3) is 3.24. The fourth-order valence-corrected chi connectivity index (χ4v) is 1.56. The molecule has 6 heteroatoms. The Balaban J connectivity index is 2.73. The molecule has 1 rings (SSSR count). The minimum atomic E-state index is -0.535. The van der Waals surface area contributed by atoms with Crippen molar-refractivity contribution in [2.75, 3.05) is 5.32 Å². The van der Waals surface area contributed by atoms with Crippen LogP contribution in [0.15, 0.2) is 0 Å². The summed E-state index contributed by atoms with van der Waals surface area (Å²) in [5.41, 5.74) is 5.32. The maximum Gasteiger partial charge on any atom is 0.242 e. The highest BCUT2D eigenvalue weighted by atomic mass is 32.1. The van der Waals surface area contributed by atoms with Crippen molar-refractivity contribution in [3.8, 4) is 0 Å². The van der Waals surface area contributed by atoms with Crippen LogP contribution < -0.4 is 11.1 Å². The number of nitrogens with two attached hydrogens (primary N) is 1. The molecule has 0 radical (unpaired) electrons. The lowest BCUT2D eigenvalue weighted by molar-refractivity contribution is -0.117. The second kappa shape index (κ2) is 4.24. The maximum absolute atomic E-state index is 11.3. The lowest BCUT2D eigenvalue weighted by Gasteiger charge is -2.12. The van der Waals surface area contributed by atoms with Gasteiger partial charge in [-0.3, -0.25) is 10.1 Å². The van der Waals surface area contributed by atoms with Crippen molar-refractivity contribution in [3.05, 3.63) is 5.82 Å². The van der Waals surface area contributed by atoms with E-state index in [9.17, 15) is 4.79 Å². The maximum atomic E-state index is 11.3. The van der Waals surface area contributed by atoms with E-state index in [2.05, 4.69) is 14.7 Å². The van der Waals surface area contributed by atoms with E-state index < -0.39 is 6.04 Å². The lowest BCUT2D eigenvalue weighted by Crippen LogP contribution is -2.32. The molecule has 0 aromatic carbocycles. The number of anilines is 1. The van der Waals surface area contributed by atoms with Gasteiger partial charge in [-0.05, 0) is 6.92 Å². The highest BCUT2D eigenvalue weighted by molar-refractivity contribution is 7.09. The molecule has 0 fully saturated rings. The van der Waals surface area contributed by atoms with E-state index in [1.165, 1.54) is 11.5 Å². The summed E-state index contributed by atoms with van der Waals surface area (Å²) in [6, 6.07) is -0.535. The highest BCUT2D eigenvalue weighted by Gasteiger charge is 2.20. The Hall–Kier alpha value is -1.01. The fraction of sp³-hybridized carbons (Fsp3) is 0.667. The molecule has 1 atom stereocenters. The number of nitrogens with one attached hydrogen (secondary N) is 1. The summed E-state index contributed by atoms with van der Waals surface area (Å²) in [6.45, 7) is 7.69. The van der Waals surface area contributed by atoms with E-state index >= 15 is 0 Å². The lowest BCUT2D eigenvalue weighted by atomic mass is 9.96. The number of nitrogens with zero attached hydrogens (tertiary/aromatic N) is 2. The summed E-state index contributed by atoms with van der Waals surface area (Å²) < 4.78 is 4.17. The van der Waals surface area contributed by atoms with E-state index in [0.29, 0.717) is 5.13 Å². The largest absolute Gasteiger partial charge is 0.320 e. The Labute approximate surface area is 93.3 Å². The molecule has 1 amide bonds. The average molecular weight is 228 g/mol. The number of rotatable bonds is 2. The molecule has 0 spiro atoms. The van der Waals surface area contributed by atoms with Gasteiger partial charge in [0.2, 0.25) is 11.0 Å². The van der Waals surface area contributed by atoms with Crippen molar-refractivity contribution in [2.45, 2.75) is 39.2 Å². The number of hydrogen-bond donors (Lipinski definition) is 2. The van der Waals surface area contributed by atoms with Crippen LogP contribution in [0, 0.1) is 0 Å². The minimum absolute atomic E-state index is 0.103. The van der Waals surface area contributed by atoms with Crippen molar-refractivity contribution in [1.82, 2.24) is 9.36 Å². The second-order valence-corrected chi connectivity index (χ2v) is 5.20. The smallest absolute Gasteiger partial charge is 0.242 e. The van der Waals surface area contributed by atoms with Gasteiger partial charge in [-0.15, -0.1) is 0 Å². The quantitative estimate of drug-likeness (QED) is 0.795. The molecule has 1 unspecified atom stereocenters. The van der Waals surface area contributed by atoms with Crippen molar-refractivity contribution in [2.24, 2.45) is 5.73 Å². The molecule has 1 heterocycles. The van der Waals surface area contributed by atoms with Gasteiger partial charge in [0.1, 0.15) is 5.82 Å². The first-order chi connectivity index (χ1) is 6.80. The van der Waals surface area contributed by atoms with Crippen molar-refractivity contribution in [3.63, 3.8) is 0 Å². The summed E-state index contributed by atoms with van der Waals surface area (Å²) in [5.74, 6) is 0.485. The summed E-state index contributed by atoms with van der Waals surface area (Å²) in [7, 11) is 0. The molecule has 3 N–H and O–H groups in total. The minimum Gasteiger partial charge on any atom is -0.320 e. The van der Waals surface area contributed by atoms with Crippen LogP contribution in [0.1, 0.15) is 33.5 Å². The van der Waals surface area contributed by atoms with E-state index in [-0.39, 0.29) is 11.3 Å². The Bertz CT molecular complexity index is 353. The Morgan fingerprint density at radius 3 is 2.53 bits per heavy atom. The molecule has 0 bridgehead atoms. The fourth-order valence-electron chi connectivity index (χ4n) is 0.798. The van der Waals surface area contributed by atoms with Gasteiger partial charge < -0.3 is 5.73 Å². The molecule has 5 nitrogen and oxygen atoms in total. The van der Waals surface area contributed by atoms with Gasteiger partial charge in [-0.25, -0.2) is 4.98 Å². The third-order valence-corrected chi connectivity index (χ3v) is 2.37. The first kappa shape index (κ1) is 12.1. The van der Waals surface area contributed by atoms with Crippen LogP contribution in [-0.2, 0) is 10.2 Å². The van der Waals surface area contributed by atoms with Crippen molar-refractivity contribution < 1.29 is 4.79 Å². The van der Waals surface area contributed by atoms with Gasteiger partial charge in [-0.1, -0.05) is 20.8 Å². The van der Waals surface area contributed by atoms with Crippen LogP contribution in [0.2, 0.25) is 0 Å². The van der Waals surface area contributed by atoms with Gasteiger partial charge in [0.15, 0.2) is 0 Å². The Morgan fingerprint density at radius 1 is 1.53 bits per heavy atom. The Kier molecular flexibility index (Phi) is 3.41. The standard InChI is InChI=1S/C9H16N4OS/c1-5(10)6(14)11-8-12-7(13-15-8)9(2,3)4/h5H,10H2,1-4H3,(H,11,12,13,14). The summed E-state index contributed by atoms with van der Waals surface area (Å²) in [4.78, 5) is 15.5. The van der Waals surface area contributed by atoms with Gasteiger partial charge in [0.05, 0.1) is 6.04 Å². The topological polar surface area (TPSA) is 80.9 Å². The van der Waals surface area contributed by atoms with E-state index in [1.54, 1.807) is 6.92 Å². The monoisotopic (exact) mass is 228 g/mol. The molecule has 1 aromatic rings. The number of carbonyl (C=O) groups excluding carboxylic acids is 1. The zero-order chi connectivity index (χ0) is 11.6. The number of amides is 1. The zero-order valence-corrected chi connectivity index (χ0v) is 10.2. The summed E-state index contributed by atoms with van der Waals surface area (Å²) >= 11 is 1.17. The predicted octanol–water partition coefficient (Wildman–Crippen LogP) is 1.12. The molecule has 0 saturated heterocycles. The van der Waals surface area contributed by atoms with E-state index in [0.717, 1.165) is 5.82 Å². The number of aromatic nitrogens is 2. The van der Waals surface area contributed by atoms with Crippen LogP contribution in [0.4, 0.5) is 5.13 Å². The summed E-state index contributed by atoms with van der Waals surface area (Å²) in [5, 5.41) is 3.12. The second-order valence-electron chi connectivity index (χ2n) is 4.45. The molecule has 1 aromatic heterocycles. The van der Waals surface area contributed by atoms with Crippen molar-refractivity contribution >= 4 is 22.6 Å². The molecule has 84 valence electrons. The zero-order valence-electron chi connectivity index (χ0n) is 9.37. The van der Waals surface area contributed by atoms with Crippen LogP contribution >= 0.6 is 11.5 Å². The first-order valence-electron chi connectivity index (χ1n) is 4.71.